The maximum atomic E-state index is 13.0. The molecule has 1 aliphatic rings. The minimum atomic E-state index is -4.51. The zero-order chi connectivity index (χ0) is 26.7. The van der Waals surface area contributed by atoms with Crippen LogP contribution in [-0.4, -0.2) is 56.7 Å². The molecule has 0 spiro atoms. The predicted molar refractivity (Wildman–Crippen MR) is 134 cm³/mol. The van der Waals surface area contributed by atoms with Crippen molar-refractivity contribution in [3.63, 3.8) is 0 Å². The first kappa shape index (κ1) is 25.1. The number of hydrogen-bond acceptors (Lipinski definition) is 8. The lowest BCUT2D eigenvalue weighted by molar-refractivity contribution is -0.137. The van der Waals surface area contributed by atoms with E-state index in [1.165, 1.54) is 12.1 Å². The average molecular weight is 525 g/mol. The summed E-state index contributed by atoms with van der Waals surface area (Å²) in [4.78, 5) is 32.6. The van der Waals surface area contributed by atoms with Crippen molar-refractivity contribution in [2.45, 2.75) is 13.1 Å². The Morgan fingerprint density at radius 3 is 2.55 bits per heavy atom. The van der Waals surface area contributed by atoms with Gasteiger partial charge in [-0.1, -0.05) is 12.1 Å². The second-order valence-electron chi connectivity index (χ2n) is 8.52. The fraction of sp³-hybridized carbons (Fsp3) is 0.240. The van der Waals surface area contributed by atoms with Crippen LogP contribution in [-0.2, 0) is 10.9 Å². The number of nitrogens with one attached hydrogen (secondary N) is 2. The molecule has 1 saturated heterocycles. The normalized spacial score (nSPS) is 13.8. The summed E-state index contributed by atoms with van der Waals surface area (Å²) in [6.45, 7) is 4.19. The number of aromatic nitrogens is 5. The van der Waals surface area contributed by atoms with E-state index in [4.69, 9.17) is 4.74 Å². The fourth-order valence-corrected chi connectivity index (χ4v) is 3.80. The summed E-state index contributed by atoms with van der Waals surface area (Å²) < 4.78 is 46.2. The van der Waals surface area contributed by atoms with Gasteiger partial charge in [-0.2, -0.15) is 28.1 Å². The van der Waals surface area contributed by atoms with E-state index in [2.05, 4.69) is 30.6 Å². The summed E-state index contributed by atoms with van der Waals surface area (Å²) in [5.41, 5.74) is 0.794. The molecule has 2 aromatic heterocycles. The number of aryl methyl sites for hydroxylation is 1. The minimum absolute atomic E-state index is 0.0394. The van der Waals surface area contributed by atoms with Gasteiger partial charge in [0.05, 0.1) is 18.8 Å². The highest BCUT2D eigenvalue weighted by Crippen LogP contribution is 2.31. The number of ether oxygens (including phenoxy) is 1. The molecule has 0 bridgehead atoms. The van der Waals surface area contributed by atoms with Gasteiger partial charge in [-0.15, -0.1) is 0 Å². The Morgan fingerprint density at radius 2 is 1.82 bits per heavy atom. The van der Waals surface area contributed by atoms with Gasteiger partial charge in [-0.05, 0) is 42.8 Å². The molecule has 1 aliphatic heterocycles. The highest BCUT2D eigenvalue weighted by atomic mass is 19.4. The van der Waals surface area contributed by atoms with Crippen LogP contribution >= 0.6 is 0 Å². The molecule has 0 saturated carbocycles. The Balaban J connectivity index is 1.41. The van der Waals surface area contributed by atoms with Gasteiger partial charge in [0.2, 0.25) is 17.8 Å². The first-order valence-electron chi connectivity index (χ1n) is 11.7. The Bertz CT molecular complexity index is 1440. The van der Waals surface area contributed by atoms with Crippen LogP contribution in [0.3, 0.4) is 0 Å². The van der Waals surface area contributed by atoms with Crippen molar-refractivity contribution in [3.8, 4) is 5.95 Å². The molecule has 0 radical (unpaired) electrons. The minimum Gasteiger partial charge on any atom is -0.378 e. The molecule has 13 heteroatoms. The topological polar surface area (TPSA) is 110 Å². The van der Waals surface area contributed by atoms with Crippen LogP contribution in [0.1, 0.15) is 21.5 Å². The van der Waals surface area contributed by atoms with Gasteiger partial charge in [-0.3, -0.25) is 9.36 Å². The van der Waals surface area contributed by atoms with E-state index in [1.807, 2.05) is 11.8 Å². The first-order chi connectivity index (χ1) is 18.3. The molecule has 1 amide bonds. The molecule has 0 atom stereocenters. The second kappa shape index (κ2) is 10.5. The van der Waals surface area contributed by atoms with Crippen LogP contribution in [0.4, 0.5) is 36.4 Å². The molecule has 4 aromatic rings. The standard InChI is InChI=1S/C25H23F3N8O2/c1-16-5-6-17(21(37)30-19-4-2-3-18(14-19)25(26,27)28)13-20(16)31-22-32-23(35-9-11-38-12-10-35)34-24(33-22)36-8-7-29-15-36/h2-8,13-15H,9-12H2,1H3,(H,30,37)(H,31,32,33,34). The quantitative estimate of drug-likeness (QED) is 0.386. The molecule has 38 heavy (non-hydrogen) atoms. The van der Waals surface area contributed by atoms with E-state index in [9.17, 15) is 18.0 Å². The van der Waals surface area contributed by atoms with Gasteiger partial charge in [0.25, 0.3) is 5.91 Å². The summed E-state index contributed by atoms with van der Waals surface area (Å²) in [5, 5.41) is 5.68. The third kappa shape index (κ3) is 5.72. The maximum Gasteiger partial charge on any atom is 0.416 e. The van der Waals surface area contributed by atoms with Crippen molar-refractivity contribution in [3.05, 3.63) is 77.9 Å². The van der Waals surface area contributed by atoms with E-state index in [0.29, 0.717) is 43.9 Å². The molecule has 2 aromatic carbocycles. The highest BCUT2D eigenvalue weighted by Gasteiger charge is 2.30. The van der Waals surface area contributed by atoms with Crippen LogP contribution in [0.5, 0.6) is 0 Å². The number of hydrogen-bond donors (Lipinski definition) is 2. The number of halogens is 3. The van der Waals surface area contributed by atoms with Gasteiger partial charge in [0, 0.05) is 42.4 Å². The monoisotopic (exact) mass is 524 g/mol. The van der Waals surface area contributed by atoms with Gasteiger partial charge in [-0.25, -0.2) is 4.98 Å². The lowest BCUT2D eigenvalue weighted by Crippen LogP contribution is -2.37. The average Bonchev–Trinajstić information content (AvgIpc) is 3.45. The van der Waals surface area contributed by atoms with Crippen LogP contribution in [0.2, 0.25) is 0 Å². The van der Waals surface area contributed by atoms with Crippen molar-refractivity contribution < 1.29 is 22.7 Å². The van der Waals surface area contributed by atoms with E-state index in [0.717, 1.165) is 17.7 Å². The Kier molecular flexibility index (Phi) is 6.92. The Labute approximate surface area is 215 Å². The maximum absolute atomic E-state index is 13.0. The number of imidazole rings is 1. The lowest BCUT2D eigenvalue weighted by Gasteiger charge is -2.27. The summed E-state index contributed by atoms with van der Waals surface area (Å²) in [6.07, 6.45) is 0.391. The van der Waals surface area contributed by atoms with Crippen molar-refractivity contribution in [2.24, 2.45) is 0 Å². The van der Waals surface area contributed by atoms with E-state index >= 15 is 0 Å². The zero-order valence-electron chi connectivity index (χ0n) is 20.2. The third-order valence-corrected chi connectivity index (χ3v) is 5.84. The summed E-state index contributed by atoms with van der Waals surface area (Å²) in [7, 11) is 0. The number of rotatable bonds is 6. The zero-order valence-corrected chi connectivity index (χ0v) is 20.2. The van der Waals surface area contributed by atoms with Crippen molar-refractivity contribution in [1.82, 2.24) is 24.5 Å². The SMILES string of the molecule is Cc1ccc(C(=O)Nc2cccc(C(F)(F)F)c2)cc1Nc1nc(N2CCOCC2)nc(-n2ccnc2)n1. The number of anilines is 4. The predicted octanol–water partition coefficient (Wildman–Crippen LogP) is 4.22. The smallest absolute Gasteiger partial charge is 0.378 e. The number of morpholine rings is 1. The van der Waals surface area contributed by atoms with Gasteiger partial charge in [0.1, 0.15) is 6.33 Å². The van der Waals surface area contributed by atoms with Crippen molar-refractivity contribution >= 4 is 29.2 Å². The molecule has 0 aliphatic carbocycles. The molecular formula is C25H23F3N8O2. The van der Waals surface area contributed by atoms with E-state index in [1.54, 1.807) is 41.5 Å². The lowest BCUT2D eigenvalue weighted by atomic mass is 10.1. The second-order valence-corrected chi connectivity index (χ2v) is 8.52. The number of nitrogens with zero attached hydrogens (tertiary/aromatic N) is 6. The summed E-state index contributed by atoms with van der Waals surface area (Å²) in [6, 6.07) is 9.38. The third-order valence-electron chi connectivity index (χ3n) is 5.84. The molecule has 5 rings (SSSR count). The number of carbonyl (C=O) groups excluding carboxylic acids is 1. The number of benzene rings is 2. The molecular weight excluding hydrogens is 501 g/mol. The molecule has 10 nitrogen and oxygen atoms in total. The van der Waals surface area contributed by atoms with Gasteiger partial charge in [0.15, 0.2) is 0 Å². The van der Waals surface area contributed by atoms with Crippen LogP contribution in [0, 0.1) is 6.92 Å². The largest absolute Gasteiger partial charge is 0.416 e. The summed E-state index contributed by atoms with van der Waals surface area (Å²) in [5.74, 6) is 0.517. The first-order valence-corrected chi connectivity index (χ1v) is 11.7. The Hall–Kier alpha value is -4.52. The van der Waals surface area contributed by atoms with Crippen LogP contribution < -0.4 is 15.5 Å². The van der Waals surface area contributed by atoms with Crippen LogP contribution in [0.25, 0.3) is 5.95 Å². The number of carbonyl (C=O) groups is 1. The fourth-order valence-electron chi connectivity index (χ4n) is 3.80. The number of amides is 1. The molecule has 0 unspecified atom stereocenters. The van der Waals surface area contributed by atoms with Gasteiger partial charge < -0.3 is 20.3 Å². The van der Waals surface area contributed by atoms with Crippen molar-refractivity contribution in [2.75, 3.05) is 41.8 Å². The molecule has 3 heterocycles. The van der Waals surface area contributed by atoms with Crippen LogP contribution in [0.15, 0.2) is 61.2 Å². The van der Waals surface area contributed by atoms with E-state index in [-0.39, 0.29) is 17.2 Å². The summed E-state index contributed by atoms with van der Waals surface area (Å²) >= 11 is 0. The van der Waals surface area contributed by atoms with Gasteiger partial charge >= 0.3 is 6.18 Å². The highest BCUT2D eigenvalue weighted by molar-refractivity contribution is 6.05. The number of alkyl halides is 3. The van der Waals surface area contributed by atoms with E-state index < -0.39 is 17.6 Å². The Morgan fingerprint density at radius 1 is 1.03 bits per heavy atom. The molecule has 196 valence electrons. The van der Waals surface area contributed by atoms with Crippen molar-refractivity contribution in [1.29, 1.82) is 0 Å². The molecule has 2 N–H and O–H groups in total. The molecule has 1 fully saturated rings.